The average Bonchev–Trinajstić information content (AvgIpc) is 2.31. The van der Waals surface area contributed by atoms with E-state index >= 15 is 0 Å². The van der Waals surface area contributed by atoms with Gasteiger partial charge in [-0.25, -0.2) is 9.78 Å². The third-order valence-corrected chi connectivity index (χ3v) is 1.20. The van der Waals surface area contributed by atoms with Crippen LogP contribution in [0.5, 0.6) is 0 Å². The van der Waals surface area contributed by atoms with Crippen LogP contribution in [0.2, 0.25) is 0 Å². The second-order valence-corrected chi connectivity index (χ2v) is 1.96. The van der Waals surface area contributed by atoms with E-state index in [0.29, 0.717) is 5.69 Å². The van der Waals surface area contributed by atoms with Crippen molar-refractivity contribution in [1.82, 2.24) is 9.97 Å². The number of nitrogens with one attached hydrogen (secondary N) is 1. The fraction of sp³-hybridized carbons (Fsp3) is 0.167. The van der Waals surface area contributed by atoms with E-state index in [1.807, 2.05) is 0 Å². The molecule has 1 aromatic rings. The molecule has 1 aromatic heterocycles. The zero-order valence-electron chi connectivity index (χ0n) is 5.75. The predicted octanol–water partition coefficient (Wildman–Crippen LogP) is 0.288. The van der Waals surface area contributed by atoms with Crippen molar-refractivity contribution >= 4 is 5.97 Å². The number of hydrogen-bond acceptors (Lipinski definition) is 3. The van der Waals surface area contributed by atoms with Crippen molar-refractivity contribution in [2.24, 2.45) is 0 Å². The van der Waals surface area contributed by atoms with Crippen LogP contribution in [-0.4, -0.2) is 21.0 Å². The van der Waals surface area contributed by atoms with Crippen LogP contribution in [0.4, 0.5) is 0 Å². The Kier molecular flexibility index (Phi) is 1.60. The van der Waals surface area contributed by atoms with Crippen LogP contribution in [0.15, 0.2) is 0 Å². The highest BCUT2D eigenvalue weighted by Gasteiger charge is 2.10. The number of aryl methyl sites for hydroxylation is 1. The third-order valence-electron chi connectivity index (χ3n) is 1.20. The van der Waals surface area contributed by atoms with Gasteiger partial charge < -0.3 is 10.1 Å². The van der Waals surface area contributed by atoms with E-state index < -0.39 is 5.97 Å². The maximum absolute atomic E-state index is 10.3. The summed E-state index contributed by atoms with van der Waals surface area (Å²) in [6.07, 6.45) is 0. The Morgan fingerprint density at radius 3 is 2.73 bits per heavy atom. The lowest BCUT2D eigenvalue weighted by molar-refractivity contribution is 0.0684. The predicted molar refractivity (Wildman–Crippen MR) is 35.0 cm³/mol. The molecule has 5 heteroatoms. The minimum atomic E-state index is -1.16. The van der Waals surface area contributed by atoms with Gasteiger partial charge in [-0.05, 0) is 6.92 Å². The minimum Gasteiger partial charge on any atom is -0.475 e. The standard InChI is InChI=1S/C6H5N3O2/c1-3-4(2-7)9-5(8-3)6(10)11/h1H3,(H,8,9)(H,10,11). The van der Waals surface area contributed by atoms with Crippen molar-refractivity contribution in [2.75, 3.05) is 0 Å². The van der Waals surface area contributed by atoms with E-state index in [4.69, 9.17) is 10.4 Å². The number of aromatic amines is 1. The summed E-state index contributed by atoms with van der Waals surface area (Å²) in [5, 5.41) is 16.8. The maximum atomic E-state index is 10.3. The molecule has 0 aliphatic carbocycles. The number of carboxylic acid groups (broad SMARTS) is 1. The number of nitrogens with zero attached hydrogens (tertiary/aromatic N) is 2. The molecule has 11 heavy (non-hydrogen) atoms. The van der Waals surface area contributed by atoms with E-state index in [1.165, 1.54) is 0 Å². The number of carboxylic acids is 1. The number of aromatic carboxylic acids is 1. The van der Waals surface area contributed by atoms with Gasteiger partial charge in [0.15, 0.2) is 0 Å². The summed E-state index contributed by atoms with van der Waals surface area (Å²) < 4.78 is 0. The van der Waals surface area contributed by atoms with Gasteiger partial charge in [0.2, 0.25) is 5.82 Å². The Labute approximate surface area is 62.3 Å². The first-order valence-corrected chi connectivity index (χ1v) is 2.85. The van der Waals surface area contributed by atoms with Crippen molar-refractivity contribution in [3.63, 3.8) is 0 Å². The molecule has 1 heterocycles. The Morgan fingerprint density at radius 2 is 2.45 bits per heavy atom. The van der Waals surface area contributed by atoms with Crippen LogP contribution in [0.3, 0.4) is 0 Å². The summed E-state index contributed by atoms with van der Waals surface area (Å²) in [6, 6.07) is 1.79. The number of H-pyrrole nitrogens is 1. The van der Waals surface area contributed by atoms with Gasteiger partial charge >= 0.3 is 5.97 Å². The Balaban J connectivity index is 3.18. The van der Waals surface area contributed by atoms with Gasteiger partial charge in [0.05, 0.1) is 5.69 Å². The molecule has 0 unspecified atom stereocenters. The smallest absolute Gasteiger partial charge is 0.371 e. The molecule has 1 rings (SSSR count). The van der Waals surface area contributed by atoms with Gasteiger partial charge in [0.1, 0.15) is 11.8 Å². The normalized spacial score (nSPS) is 9.09. The lowest BCUT2D eigenvalue weighted by Gasteiger charge is -1.80. The summed E-state index contributed by atoms with van der Waals surface area (Å²) in [5.74, 6) is -1.35. The maximum Gasteiger partial charge on any atom is 0.371 e. The summed E-state index contributed by atoms with van der Waals surface area (Å²) >= 11 is 0. The minimum absolute atomic E-state index is 0.195. The highest BCUT2D eigenvalue weighted by Crippen LogP contribution is 2.02. The fourth-order valence-corrected chi connectivity index (χ4v) is 0.671. The quantitative estimate of drug-likeness (QED) is 0.603. The molecule has 5 nitrogen and oxygen atoms in total. The van der Waals surface area contributed by atoms with Crippen molar-refractivity contribution in [3.8, 4) is 6.07 Å². The number of carbonyl (C=O) groups is 1. The molecule has 0 aliphatic rings. The van der Waals surface area contributed by atoms with E-state index in [1.54, 1.807) is 13.0 Å². The first-order chi connectivity index (χ1) is 5.15. The van der Waals surface area contributed by atoms with Gasteiger partial charge in [-0.1, -0.05) is 0 Å². The van der Waals surface area contributed by atoms with Gasteiger partial charge in [-0.15, -0.1) is 0 Å². The average molecular weight is 151 g/mol. The number of nitriles is 1. The molecule has 0 saturated heterocycles. The van der Waals surface area contributed by atoms with E-state index in [0.717, 1.165) is 0 Å². The molecule has 0 aliphatic heterocycles. The van der Waals surface area contributed by atoms with E-state index in [9.17, 15) is 4.79 Å². The molecular weight excluding hydrogens is 146 g/mol. The first-order valence-electron chi connectivity index (χ1n) is 2.85. The Hall–Kier alpha value is -1.83. The number of aromatic nitrogens is 2. The molecule has 0 atom stereocenters. The highest BCUT2D eigenvalue weighted by atomic mass is 16.4. The SMILES string of the molecule is Cc1nc(C(=O)O)[nH]c1C#N. The lowest BCUT2D eigenvalue weighted by atomic mass is 10.4. The molecule has 0 aromatic carbocycles. The van der Waals surface area contributed by atoms with E-state index in [-0.39, 0.29) is 11.5 Å². The fourth-order valence-electron chi connectivity index (χ4n) is 0.671. The number of imidazole rings is 1. The molecule has 0 spiro atoms. The van der Waals surface area contributed by atoms with Gasteiger partial charge in [-0.3, -0.25) is 0 Å². The summed E-state index contributed by atoms with van der Waals surface area (Å²) in [6.45, 7) is 1.57. The van der Waals surface area contributed by atoms with Crippen LogP contribution >= 0.6 is 0 Å². The second-order valence-electron chi connectivity index (χ2n) is 1.96. The second kappa shape index (κ2) is 2.42. The lowest BCUT2D eigenvalue weighted by Crippen LogP contribution is -1.98. The van der Waals surface area contributed by atoms with Gasteiger partial charge in [0, 0.05) is 0 Å². The van der Waals surface area contributed by atoms with Gasteiger partial charge in [0.25, 0.3) is 0 Å². The van der Waals surface area contributed by atoms with Crippen LogP contribution < -0.4 is 0 Å². The number of rotatable bonds is 1. The van der Waals surface area contributed by atoms with Crippen LogP contribution in [0.1, 0.15) is 22.0 Å². The van der Waals surface area contributed by atoms with Gasteiger partial charge in [-0.2, -0.15) is 5.26 Å². The Bertz CT molecular complexity index is 334. The highest BCUT2D eigenvalue weighted by molar-refractivity contribution is 5.83. The summed E-state index contributed by atoms with van der Waals surface area (Å²) in [5.41, 5.74) is 0.604. The van der Waals surface area contributed by atoms with E-state index in [2.05, 4.69) is 9.97 Å². The molecule has 0 bridgehead atoms. The zero-order valence-corrected chi connectivity index (χ0v) is 5.75. The van der Waals surface area contributed by atoms with Crippen molar-refractivity contribution in [1.29, 1.82) is 5.26 Å². The molecule has 56 valence electrons. The first kappa shape index (κ1) is 7.28. The summed E-state index contributed by atoms with van der Waals surface area (Å²) in [7, 11) is 0. The topological polar surface area (TPSA) is 89.8 Å². The molecule has 0 saturated carbocycles. The number of hydrogen-bond donors (Lipinski definition) is 2. The molecule has 0 amide bonds. The molecule has 2 N–H and O–H groups in total. The zero-order chi connectivity index (χ0) is 8.43. The summed E-state index contributed by atoms with van der Waals surface area (Å²) in [4.78, 5) is 16.2. The monoisotopic (exact) mass is 151 g/mol. The molecule has 0 radical (unpaired) electrons. The van der Waals surface area contributed by atoms with Crippen molar-refractivity contribution < 1.29 is 9.90 Å². The largest absolute Gasteiger partial charge is 0.475 e. The van der Waals surface area contributed by atoms with Crippen LogP contribution in [0.25, 0.3) is 0 Å². The van der Waals surface area contributed by atoms with Crippen LogP contribution in [0, 0.1) is 18.3 Å². The molecule has 0 fully saturated rings. The van der Waals surface area contributed by atoms with Crippen molar-refractivity contribution in [2.45, 2.75) is 6.92 Å². The van der Waals surface area contributed by atoms with Crippen LogP contribution in [-0.2, 0) is 0 Å². The van der Waals surface area contributed by atoms with Crippen molar-refractivity contribution in [3.05, 3.63) is 17.2 Å². The molecular formula is C6H5N3O2. The Morgan fingerprint density at radius 1 is 1.82 bits per heavy atom. The third kappa shape index (κ3) is 1.19.